The number of ketones is 1. The zero-order chi connectivity index (χ0) is 21.8. The molecule has 0 aliphatic carbocycles. The van der Waals surface area contributed by atoms with Crippen LogP contribution in [-0.2, 0) is 22.6 Å². The van der Waals surface area contributed by atoms with Crippen LogP contribution in [0.25, 0.3) is 0 Å². The average Bonchev–Trinajstić information content (AvgIpc) is 3.09. The van der Waals surface area contributed by atoms with Gasteiger partial charge in [-0.2, -0.15) is 0 Å². The quantitative estimate of drug-likeness (QED) is 0.433. The van der Waals surface area contributed by atoms with Gasteiger partial charge in [-0.1, -0.05) is 30.3 Å². The number of carbonyl (C=O) groups excluding carboxylic acids is 3. The van der Waals surface area contributed by atoms with Crippen LogP contribution in [-0.4, -0.2) is 31.3 Å². The van der Waals surface area contributed by atoms with Crippen molar-refractivity contribution < 1.29 is 23.9 Å². The predicted molar refractivity (Wildman–Crippen MR) is 115 cm³/mol. The molecular formula is C25H21NO5. The van der Waals surface area contributed by atoms with Crippen molar-refractivity contribution in [1.29, 1.82) is 0 Å². The van der Waals surface area contributed by atoms with Gasteiger partial charge < -0.3 is 14.4 Å². The normalized spacial score (nSPS) is 12.4. The molecule has 6 heteroatoms. The van der Waals surface area contributed by atoms with Gasteiger partial charge in [0, 0.05) is 18.3 Å². The number of anilines is 1. The molecule has 0 spiro atoms. The standard InChI is InChI=1S/C25H21NO5/c1-26-22-12-9-19(13-20(22)14-24(26)28)23(27)16-31-25(29)18-7-10-21(11-8-18)30-15-17-5-3-2-4-6-17/h2-13H,14-16H2,1H3. The molecule has 1 amide bonds. The van der Waals surface area contributed by atoms with E-state index >= 15 is 0 Å². The van der Waals surface area contributed by atoms with Crippen LogP contribution in [0.4, 0.5) is 5.69 Å². The van der Waals surface area contributed by atoms with E-state index in [1.165, 1.54) is 0 Å². The number of benzene rings is 3. The Balaban J connectivity index is 1.31. The maximum absolute atomic E-state index is 12.4. The first kappa shape index (κ1) is 20.3. The minimum absolute atomic E-state index is 0.0118. The van der Waals surface area contributed by atoms with E-state index < -0.39 is 5.97 Å². The molecule has 0 fully saturated rings. The molecule has 0 bridgehead atoms. The first-order valence-corrected chi connectivity index (χ1v) is 9.88. The summed E-state index contributed by atoms with van der Waals surface area (Å²) in [6.07, 6.45) is 0.269. The van der Waals surface area contributed by atoms with Crippen molar-refractivity contribution in [3.8, 4) is 5.75 Å². The first-order valence-electron chi connectivity index (χ1n) is 9.88. The van der Waals surface area contributed by atoms with E-state index in [1.54, 1.807) is 54.4 Å². The molecule has 0 saturated carbocycles. The SMILES string of the molecule is CN1C(=O)Cc2cc(C(=O)COC(=O)c3ccc(OCc4ccccc4)cc3)ccc21. The van der Waals surface area contributed by atoms with Crippen LogP contribution in [0.5, 0.6) is 5.75 Å². The summed E-state index contributed by atoms with van der Waals surface area (Å²) in [5.74, 6) is -0.281. The molecule has 0 unspecified atom stereocenters. The molecular weight excluding hydrogens is 394 g/mol. The highest BCUT2D eigenvalue weighted by Gasteiger charge is 2.25. The highest BCUT2D eigenvalue weighted by molar-refractivity contribution is 6.04. The van der Waals surface area contributed by atoms with Crippen molar-refractivity contribution in [1.82, 2.24) is 0 Å². The van der Waals surface area contributed by atoms with Crippen LogP contribution in [0.2, 0.25) is 0 Å². The summed E-state index contributed by atoms with van der Waals surface area (Å²) < 4.78 is 10.9. The highest BCUT2D eigenvalue weighted by atomic mass is 16.5. The third-order valence-corrected chi connectivity index (χ3v) is 5.15. The fourth-order valence-corrected chi connectivity index (χ4v) is 3.37. The molecule has 1 aliphatic heterocycles. The third kappa shape index (κ3) is 4.64. The smallest absolute Gasteiger partial charge is 0.338 e. The summed E-state index contributed by atoms with van der Waals surface area (Å²) in [5, 5.41) is 0. The second-order valence-electron chi connectivity index (χ2n) is 7.27. The number of fused-ring (bicyclic) bond motifs is 1. The Morgan fingerprint density at radius 2 is 1.65 bits per heavy atom. The minimum Gasteiger partial charge on any atom is -0.489 e. The van der Waals surface area contributed by atoms with Crippen LogP contribution in [0, 0.1) is 0 Å². The zero-order valence-corrected chi connectivity index (χ0v) is 17.0. The molecule has 3 aromatic carbocycles. The molecule has 4 rings (SSSR count). The monoisotopic (exact) mass is 415 g/mol. The molecule has 156 valence electrons. The minimum atomic E-state index is -0.584. The summed E-state index contributed by atoms with van der Waals surface area (Å²) in [5.41, 5.74) is 3.40. The molecule has 3 aromatic rings. The molecule has 1 heterocycles. The lowest BCUT2D eigenvalue weighted by atomic mass is 10.1. The molecule has 0 atom stereocenters. The second kappa shape index (κ2) is 8.83. The lowest BCUT2D eigenvalue weighted by molar-refractivity contribution is -0.117. The van der Waals surface area contributed by atoms with E-state index in [-0.39, 0.29) is 24.7 Å². The number of amides is 1. The van der Waals surface area contributed by atoms with Crippen molar-refractivity contribution in [2.45, 2.75) is 13.0 Å². The summed E-state index contributed by atoms with van der Waals surface area (Å²) in [6.45, 7) is 0.0645. The number of hydrogen-bond acceptors (Lipinski definition) is 5. The lowest BCUT2D eigenvalue weighted by Gasteiger charge is -2.10. The average molecular weight is 415 g/mol. The number of likely N-dealkylation sites (N-methyl/N-ethyl adjacent to an activating group) is 1. The molecule has 6 nitrogen and oxygen atoms in total. The Kier molecular flexibility index (Phi) is 5.80. The molecule has 0 saturated heterocycles. The number of Topliss-reactive ketones (excluding diaryl/α,β-unsaturated/α-hetero) is 1. The van der Waals surface area contributed by atoms with Crippen LogP contribution >= 0.6 is 0 Å². The summed E-state index contributed by atoms with van der Waals surface area (Å²) in [4.78, 5) is 38.0. The van der Waals surface area contributed by atoms with E-state index in [9.17, 15) is 14.4 Å². The maximum atomic E-state index is 12.4. The van der Waals surface area contributed by atoms with Gasteiger partial charge >= 0.3 is 5.97 Å². The van der Waals surface area contributed by atoms with Crippen LogP contribution in [0.3, 0.4) is 0 Å². The fourth-order valence-electron chi connectivity index (χ4n) is 3.37. The number of ether oxygens (including phenoxy) is 2. The predicted octanol–water partition coefficient (Wildman–Crippen LogP) is 3.82. The summed E-state index contributed by atoms with van der Waals surface area (Å²) in [7, 11) is 1.70. The Hall–Kier alpha value is -3.93. The number of hydrogen-bond donors (Lipinski definition) is 0. The number of esters is 1. The van der Waals surface area contributed by atoms with Gasteiger partial charge in [0.25, 0.3) is 0 Å². The van der Waals surface area contributed by atoms with E-state index in [1.807, 2.05) is 30.3 Å². The van der Waals surface area contributed by atoms with Crippen molar-refractivity contribution in [2.75, 3.05) is 18.6 Å². The topological polar surface area (TPSA) is 72.9 Å². The van der Waals surface area contributed by atoms with Crippen molar-refractivity contribution in [3.05, 3.63) is 95.1 Å². The van der Waals surface area contributed by atoms with Gasteiger partial charge in [-0.3, -0.25) is 9.59 Å². The molecule has 0 radical (unpaired) electrons. The molecule has 31 heavy (non-hydrogen) atoms. The van der Waals surface area contributed by atoms with E-state index in [0.29, 0.717) is 23.5 Å². The van der Waals surface area contributed by atoms with E-state index in [2.05, 4.69) is 0 Å². The molecule has 0 aromatic heterocycles. The summed E-state index contributed by atoms with van der Waals surface area (Å²) >= 11 is 0. The van der Waals surface area contributed by atoms with Crippen LogP contribution in [0.15, 0.2) is 72.8 Å². The Bertz CT molecular complexity index is 1120. The first-order chi connectivity index (χ1) is 15.0. The van der Waals surface area contributed by atoms with Crippen LogP contribution < -0.4 is 9.64 Å². The van der Waals surface area contributed by atoms with Gasteiger partial charge in [-0.05, 0) is 53.6 Å². The van der Waals surface area contributed by atoms with Gasteiger partial charge in [-0.25, -0.2) is 4.79 Å². The fraction of sp³-hybridized carbons (Fsp3) is 0.160. The zero-order valence-electron chi connectivity index (χ0n) is 17.0. The Morgan fingerprint density at radius 3 is 2.39 bits per heavy atom. The van der Waals surface area contributed by atoms with Crippen LogP contribution in [0.1, 0.15) is 31.8 Å². The molecule has 1 aliphatic rings. The lowest BCUT2D eigenvalue weighted by Crippen LogP contribution is -2.20. The largest absolute Gasteiger partial charge is 0.489 e. The van der Waals surface area contributed by atoms with Gasteiger partial charge in [0.05, 0.1) is 12.0 Å². The number of nitrogens with zero attached hydrogens (tertiary/aromatic N) is 1. The molecule has 0 N–H and O–H groups in total. The third-order valence-electron chi connectivity index (χ3n) is 5.15. The highest BCUT2D eigenvalue weighted by Crippen LogP contribution is 2.28. The van der Waals surface area contributed by atoms with Gasteiger partial charge in [0.15, 0.2) is 12.4 Å². The van der Waals surface area contributed by atoms with E-state index in [4.69, 9.17) is 9.47 Å². The van der Waals surface area contributed by atoms with Crippen molar-refractivity contribution in [3.63, 3.8) is 0 Å². The van der Waals surface area contributed by atoms with E-state index in [0.717, 1.165) is 16.8 Å². The maximum Gasteiger partial charge on any atom is 0.338 e. The Morgan fingerprint density at radius 1 is 0.935 bits per heavy atom. The summed E-state index contributed by atoms with van der Waals surface area (Å²) in [6, 6.07) is 21.4. The van der Waals surface area contributed by atoms with Crippen molar-refractivity contribution in [2.24, 2.45) is 0 Å². The van der Waals surface area contributed by atoms with Gasteiger partial charge in [-0.15, -0.1) is 0 Å². The number of rotatable bonds is 7. The second-order valence-corrected chi connectivity index (χ2v) is 7.27. The number of carbonyl (C=O) groups is 3. The van der Waals surface area contributed by atoms with Crippen molar-refractivity contribution >= 4 is 23.3 Å². The van der Waals surface area contributed by atoms with Gasteiger partial charge in [0.1, 0.15) is 12.4 Å². The Labute approximate surface area is 180 Å². The van der Waals surface area contributed by atoms with Gasteiger partial charge in [0.2, 0.25) is 5.91 Å².